The van der Waals surface area contributed by atoms with Crippen molar-refractivity contribution in [3.05, 3.63) is 0 Å². The fourth-order valence-electron chi connectivity index (χ4n) is 3.29. The first-order valence-corrected chi connectivity index (χ1v) is 9.33. The maximum absolute atomic E-state index is 12.1. The molecular weight excluding hydrogens is 306 g/mol. The Balaban J connectivity index is 1.62. The Hall–Kier alpha value is -1.30. The average Bonchev–Trinajstić information content (AvgIpc) is 2.53. The number of nitrogens with zero attached hydrogens (tertiary/aromatic N) is 2. The third-order valence-corrected chi connectivity index (χ3v) is 4.65. The van der Waals surface area contributed by atoms with E-state index in [0.29, 0.717) is 25.6 Å². The van der Waals surface area contributed by atoms with E-state index < -0.39 is 5.60 Å². The molecule has 1 N–H and O–H groups in total. The summed E-state index contributed by atoms with van der Waals surface area (Å²) in [7, 11) is 0. The van der Waals surface area contributed by atoms with E-state index in [9.17, 15) is 9.59 Å². The molecular formula is C18H33N3O3. The molecule has 0 aromatic carbocycles. The van der Waals surface area contributed by atoms with Crippen LogP contribution in [0, 0.1) is 0 Å². The van der Waals surface area contributed by atoms with Crippen LogP contribution in [0.25, 0.3) is 0 Å². The summed E-state index contributed by atoms with van der Waals surface area (Å²) < 4.78 is 5.40. The molecule has 1 saturated heterocycles. The molecule has 138 valence electrons. The monoisotopic (exact) mass is 339 g/mol. The largest absolute Gasteiger partial charge is 0.444 e. The second kappa shape index (κ2) is 8.70. The number of ether oxygens (including phenoxy) is 1. The maximum Gasteiger partial charge on any atom is 0.410 e. The van der Waals surface area contributed by atoms with Crippen LogP contribution in [0.3, 0.4) is 0 Å². The molecule has 2 fully saturated rings. The molecule has 0 unspecified atom stereocenters. The normalized spacial score (nSPS) is 20.7. The number of nitrogens with one attached hydrogen (secondary N) is 1. The maximum atomic E-state index is 12.1. The van der Waals surface area contributed by atoms with E-state index in [1.807, 2.05) is 20.8 Å². The van der Waals surface area contributed by atoms with Crippen molar-refractivity contribution in [1.82, 2.24) is 15.1 Å². The Morgan fingerprint density at radius 1 is 1.04 bits per heavy atom. The first-order chi connectivity index (χ1) is 11.3. The van der Waals surface area contributed by atoms with Crippen molar-refractivity contribution in [3.8, 4) is 0 Å². The predicted octanol–water partition coefficient (Wildman–Crippen LogP) is 2.38. The Labute approximate surface area is 145 Å². The summed E-state index contributed by atoms with van der Waals surface area (Å²) in [5, 5.41) is 3.16. The van der Waals surface area contributed by atoms with Crippen LogP contribution in [-0.2, 0) is 9.53 Å². The SMILES string of the molecule is CC(C)(C)OC(=O)N1CCN(CCC(=O)NC2CCCCC2)CC1. The number of hydrogen-bond acceptors (Lipinski definition) is 4. The topological polar surface area (TPSA) is 61.9 Å². The Morgan fingerprint density at radius 3 is 2.25 bits per heavy atom. The van der Waals surface area contributed by atoms with Gasteiger partial charge in [-0.3, -0.25) is 9.69 Å². The highest BCUT2D eigenvalue weighted by molar-refractivity contribution is 5.76. The van der Waals surface area contributed by atoms with Crippen molar-refractivity contribution in [2.24, 2.45) is 0 Å². The second-order valence-corrected chi connectivity index (χ2v) is 7.96. The van der Waals surface area contributed by atoms with E-state index in [0.717, 1.165) is 32.5 Å². The molecule has 2 aliphatic rings. The fraction of sp³-hybridized carbons (Fsp3) is 0.889. The van der Waals surface area contributed by atoms with Crippen molar-refractivity contribution < 1.29 is 14.3 Å². The van der Waals surface area contributed by atoms with E-state index in [4.69, 9.17) is 4.74 Å². The summed E-state index contributed by atoms with van der Waals surface area (Å²) in [6, 6.07) is 0.385. The van der Waals surface area contributed by atoms with Crippen molar-refractivity contribution in [2.45, 2.75) is 70.9 Å². The Kier molecular flexibility index (Phi) is 6.90. The number of rotatable bonds is 4. The van der Waals surface area contributed by atoms with Crippen LogP contribution in [-0.4, -0.2) is 66.2 Å². The third kappa shape index (κ3) is 6.67. The van der Waals surface area contributed by atoms with Gasteiger partial charge in [0.05, 0.1) is 0 Å². The molecule has 2 rings (SSSR count). The van der Waals surface area contributed by atoms with Crippen molar-refractivity contribution >= 4 is 12.0 Å². The lowest BCUT2D eigenvalue weighted by Gasteiger charge is -2.35. The predicted molar refractivity (Wildman–Crippen MR) is 93.9 cm³/mol. The number of carbonyl (C=O) groups excluding carboxylic acids is 2. The van der Waals surface area contributed by atoms with Gasteiger partial charge in [-0.05, 0) is 33.6 Å². The van der Waals surface area contributed by atoms with Crippen molar-refractivity contribution in [3.63, 3.8) is 0 Å². The van der Waals surface area contributed by atoms with Gasteiger partial charge >= 0.3 is 6.09 Å². The molecule has 0 bridgehead atoms. The first-order valence-electron chi connectivity index (χ1n) is 9.33. The zero-order valence-electron chi connectivity index (χ0n) is 15.5. The van der Waals surface area contributed by atoms with Crippen LogP contribution in [0.2, 0.25) is 0 Å². The average molecular weight is 339 g/mol. The van der Waals surface area contributed by atoms with Crippen LogP contribution < -0.4 is 5.32 Å². The molecule has 0 atom stereocenters. The number of amides is 2. The van der Waals surface area contributed by atoms with E-state index in [-0.39, 0.29) is 12.0 Å². The zero-order chi connectivity index (χ0) is 17.6. The standard InChI is InChI=1S/C18H33N3O3/c1-18(2,3)24-17(23)21-13-11-20(12-14-21)10-9-16(22)19-15-7-5-4-6-8-15/h15H,4-14H2,1-3H3,(H,19,22). The summed E-state index contributed by atoms with van der Waals surface area (Å²) in [4.78, 5) is 28.1. The number of hydrogen-bond donors (Lipinski definition) is 1. The van der Waals surface area contributed by atoms with Gasteiger partial charge in [0.2, 0.25) is 5.91 Å². The smallest absolute Gasteiger partial charge is 0.410 e. The van der Waals surface area contributed by atoms with Gasteiger partial charge in [-0.15, -0.1) is 0 Å². The Morgan fingerprint density at radius 2 is 1.67 bits per heavy atom. The molecule has 0 aromatic rings. The molecule has 1 saturated carbocycles. The van der Waals surface area contributed by atoms with Gasteiger partial charge in [0.15, 0.2) is 0 Å². The van der Waals surface area contributed by atoms with Gasteiger partial charge in [-0.25, -0.2) is 4.79 Å². The van der Waals surface area contributed by atoms with E-state index in [1.54, 1.807) is 4.90 Å². The highest BCUT2D eigenvalue weighted by atomic mass is 16.6. The molecule has 0 radical (unpaired) electrons. The van der Waals surface area contributed by atoms with E-state index in [1.165, 1.54) is 19.3 Å². The van der Waals surface area contributed by atoms with Gasteiger partial charge in [-0.2, -0.15) is 0 Å². The summed E-state index contributed by atoms with van der Waals surface area (Å²) in [5.74, 6) is 0.163. The summed E-state index contributed by atoms with van der Waals surface area (Å²) in [6.07, 6.45) is 6.32. The summed E-state index contributed by atoms with van der Waals surface area (Å²) in [6.45, 7) is 9.34. The summed E-state index contributed by atoms with van der Waals surface area (Å²) in [5.41, 5.74) is -0.453. The van der Waals surface area contributed by atoms with Gasteiger partial charge in [-0.1, -0.05) is 19.3 Å². The lowest BCUT2D eigenvalue weighted by molar-refractivity contribution is -0.122. The van der Waals surface area contributed by atoms with Gasteiger partial charge in [0.25, 0.3) is 0 Å². The molecule has 24 heavy (non-hydrogen) atoms. The molecule has 6 nitrogen and oxygen atoms in total. The zero-order valence-corrected chi connectivity index (χ0v) is 15.5. The highest BCUT2D eigenvalue weighted by Gasteiger charge is 2.26. The van der Waals surface area contributed by atoms with Crippen LogP contribution in [0.1, 0.15) is 59.3 Å². The lowest BCUT2D eigenvalue weighted by Crippen LogP contribution is -2.50. The molecule has 1 heterocycles. The number of piperazine rings is 1. The fourth-order valence-corrected chi connectivity index (χ4v) is 3.29. The lowest BCUT2D eigenvalue weighted by atomic mass is 9.95. The highest BCUT2D eigenvalue weighted by Crippen LogP contribution is 2.17. The number of carbonyl (C=O) groups is 2. The van der Waals surface area contributed by atoms with Crippen LogP contribution in [0.15, 0.2) is 0 Å². The molecule has 0 spiro atoms. The van der Waals surface area contributed by atoms with Gasteiger partial charge < -0.3 is 15.0 Å². The van der Waals surface area contributed by atoms with E-state index >= 15 is 0 Å². The minimum Gasteiger partial charge on any atom is -0.444 e. The van der Waals surface area contributed by atoms with Crippen molar-refractivity contribution in [2.75, 3.05) is 32.7 Å². The quantitative estimate of drug-likeness (QED) is 0.854. The van der Waals surface area contributed by atoms with Gasteiger partial charge in [0.1, 0.15) is 5.60 Å². The van der Waals surface area contributed by atoms with Crippen LogP contribution in [0.5, 0.6) is 0 Å². The molecule has 1 aliphatic carbocycles. The second-order valence-electron chi connectivity index (χ2n) is 7.96. The third-order valence-electron chi connectivity index (χ3n) is 4.65. The first kappa shape index (κ1) is 19.0. The Bertz CT molecular complexity index is 420. The van der Waals surface area contributed by atoms with Crippen LogP contribution in [0.4, 0.5) is 4.79 Å². The van der Waals surface area contributed by atoms with E-state index in [2.05, 4.69) is 10.2 Å². The summed E-state index contributed by atoms with van der Waals surface area (Å²) >= 11 is 0. The molecule has 0 aromatic heterocycles. The van der Waals surface area contributed by atoms with Crippen molar-refractivity contribution in [1.29, 1.82) is 0 Å². The van der Waals surface area contributed by atoms with Gasteiger partial charge in [0, 0.05) is 45.2 Å². The van der Waals surface area contributed by atoms with Crippen LogP contribution >= 0.6 is 0 Å². The molecule has 2 amide bonds. The molecule has 1 aliphatic heterocycles. The molecule has 6 heteroatoms. The minimum absolute atomic E-state index is 0.163. The minimum atomic E-state index is -0.453.